The molecule has 2 aromatic carbocycles. The molecule has 2 aliphatic rings. The van der Waals surface area contributed by atoms with Gasteiger partial charge in [-0.1, -0.05) is 101 Å². The number of rotatable bonds is 6. The quantitative estimate of drug-likeness (QED) is 0.222. The Kier molecular flexibility index (Phi) is 11.6. The molecule has 1 heterocycles. The number of carbonyl (C=O) groups is 2. The maximum Gasteiger partial charge on any atom is 0.260 e. The van der Waals surface area contributed by atoms with Crippen LogP contribution in [0.4, 0.5) is 5.82 Å². The largest absolute Gasteiger partial charge is 0.504 e. The minimum atomic E-state index is -1.70. The normalized spacial score (nSPS) is 17.9. The van der Waals surface area contributed by atoms with Crippen molar-refractivity contribution in [3.05, 3.63) is 75.4 Å². The summed E-state index contributed by atoms with van der Waals surface area (Å²) in [5.74, 6) is 1.17. The number of hydrogen-bond acceptors (Lipinski definition) is 4. The molecule has 0 unspecified atom stereocenters. The minimum Gasteiger partial charge on any atom is -0.504 e. The van der Waals surface area contributed by atoms with Crippen LogP contribution in [0.3, 0.4) is 0 Å². The maximum absolute atomic E-state index is 13.3. The summed E-state index contributed by atoms with van der Waals surface area (Å²) in [6, 6.07) is 11.1. The molecule has 0 aliphatic heterocycles. The highest BCUT2D eigenvalue weighted by molar-refractivity contribution is 6.44. The fourth-order valence-electron chi connectivity index (χ4n) is 5.72. The van der Waals surface area contributed by atoms with Crippen LogP contribution in [0.2, 0.25) is 10.0 Å². The number of pyridine rings is 1. The Bertz CT molecular complexity index is 1420. The summed E-state index contributed by atoms with van der Waals surface area (Å²) in [5.41, 5.74) is 3.01. The Morgan fingerprint density at radius 1 is 1.09 bits per heavy atom. The Labute approximate surface area is 269 Å². The molecule has 5 rings (SSSR count). The zero-order valence-corrected chi connectivity index (χ0v) is 27.5. The van der Waals surface area contributed by atoms with Gasteiger partial charge < -0.3 is 10.0 Å². The summed E-state index contributed by atoms with van der Waals surface area (Å²) in [7, 11) is 12.1. The number of unbranched alkanes of at least 4 members (excludes halogenated alkanes) is 1. The lowest BCUT2D eigenvalue weighted by atomic mass is 9.62. The molecule has 1 amide bonds. The molecular weight excluding hydrogens is 577 g/mol. The number of aldehydes is 1. The van der Waals surface area contributed by atoms with Gasteiger partial charge in [-0.05, 0) is 66.1 Å². The Morgan fingerprint density at radius 3 is 2.16 bits per heavy atom. The van der Waals surface area contributed by atoms with E-state index in [1.165, 1.54) is 57.4 Å². The zero-order valence-electron chi connectivity index (χ0n) is 26.0. The summed E-state index contributed by atoms with van der Waals surface area (Å²) >= 11 is 12.5. The van der Waals surface area contributed by atoms with Crippen molar-refractivity contribution in [3.8, 4) is 16.9 Å². The van der Waals surface area contributed by atoms with E-state index in [-0.39, 0.29) is 22.2 Å². The molecule has 2 fully saturated rings. The van der Waals surface area contributed by atoms with Crippen molar-refractivity contribution in [2.75, 3.05) is 4.90 Å². The summed E-state index contributed by atoms with van der Waals surface area (Å²) in [6.07, 6.45) is 9.30. The van der Waals surface area contributed by atoms with Crippen molar-refractivity contribution >= 4 is 56.9 Å². The van der Waals surface area contributed by atoms with E-state index in [4.69, 9.17) is 38.9 Å². The van der Waals surface area contributed by atoms with Gasteiger partial charge in [0.15, 0.2) is 11.6 Å². The molecule has 1 N–H and O–H groups in total. The number of carbonyl (C=O) groups excluding carboxylic acids is 2. The smallest absolute Gasteiger partial charge is 0.260 e. The van der Waals surface area contributed by atoms with Gasteiger partial charge >= 0.3 is 0 Å². The number of benzene rings is 2. The second-order valence-electron chi connectivity index (χ2n) is 12.2. The predicted octanol–water partition coefficient (Wildman–Crippen LogP) is 8.79. The summed E-state index contributed by atoms with van der Waals surface area (Å²) in [6.45, 7) is 12.3. The molecule has 3 aromatic rings. The third-order valence-electron chi connectivity index (χ3n) is 8.44. The average Bonchev–Trinajstić information content (AvgIpc) is 3.26. The number of amides is 1. The number of nitrogens with zero attached hydrogens (tertiary/aromatic N) is 2. The molecule has 2 saturated carbocycles. The molecule has 43 heavy (non-hydrogen) atoms. The number of aromatic hydroxyl groups is 1. The van der Waals surface area contributed by atoms with E-state index >= 15 is 0 Å². The van der Waals surface area contributed by atoms with Gasteiger partial charge in [-0.25, -0.2) is 4.98 Å². The highest BCUT2D eigenvalue weighted by Crippen LogP contribution is 2.66. The lowest BCUT2D eigenvalue weighted by Crippen LogP contribution is -2.52. The highest BCUT2D eigenvalue weighted by atomic mass is 35.5. The first kappa shape index (κ1) is 34.7. The van der Waals surface area contributed by atoms with Crippen LogP contribution in [0, 0.1) is 24.2 Å². The van der Waals surface area contributed by atoms with Crippen molar-refractivity contribution in [3.63, 3.8) is 0 Å². The van der Waals surface area contributed by atoms with Gasteiger partial charge in [0.25, 0.3) is 5.91 Å². The molecule has 5 nitrogen and oxygen atoms in total. The number of aryl methyl sites for hydroxylation is 1. The topological polar surface area (TPSA) is 70.5 Å². The lowest BCUT2D eigenvalue weighted by Gasteiger charge is -2.37. The van der Waals surface area contributed by atoms with Crippen LogP contribution in [-0.2, 0) is 0 Å². The second kappa shape index (κ2) is 14.3. The van der Waals surface area contributed by atoms with E-state index in [1.807, 2.05) is 0 Å². The Hall–Kier alpha value is -2.76. The van der Waals surface area contributed by atoms with Crippen molar-refractivity contribution in [1.82, 2.24) is 4.98 Å². The molecule has 2 aliphatic carbocycles. The summed E-state index contributed by atoms with van der Waals surface area (Å²) in [4.78, 5) is 29.5. The van der Waals surface area contributed by atoms with E-state index in [0.717, 1.165) is 22.2 Å². The Morgan fingerprint density at radius 2 is 1.72 bits per heavy atom. The third kappa shape index (κ3) is 8.05. The van der Waals surface area contributed by atoms with Crippen LogP contribution in [0.25, 0.3) is 11.1 Å². The number of hydrogen-bond donors (Lipinski definition) is 1. The van der Waals surface area contributed by atoms with Crippen LogP contribution >= 0.6 is 23.2 Å². The van der Waals surface area contributed by atoms with Crippen LogP contribution in [0.5, 0.6) is 5.75 Å². The SMILES string of the molecule is CC1(C)[C@@H]2CCC[C@@H]21.CCCC.[B]C([B])(C)N(C(=O)c1c(C)cccc1Cl)c1ncc(-c2ccc(C=O)cc2Cl)cc1O. The fourth-order valence-corrected chi connectivity index (χ4v) is 6.32. The molecule has 4 radical (unpaired) electrons. The van der Waals surface area contributed by atoms with E-state index in [2.05, 4.69) is 32.7 Å². The van der Waals surface area contributed by atoms with Crippen LogP contribution < -0.4 is 4.90 Å². The molecule has 9 heteroatoms. The first-order valence-electron chi connectivity index (χ1n) is 14.8. The lowest BCUT2D eigenvalue weighted by molar-refractivity contribution is 0.0979. The fraction of sp³-hybridized carbons (Fsp3) is 0.441. The van der Waals surface area contributed by atoms with Crippen molar-refractivity contribution < 1.29 is 14.7 Å². The first-order valence-corrected chi connectivity index (χ1v) is 15.6. The van der Waals surface area contributed by atoms with E-state index in [1.54, 1.807) is 37.3 Å². The minimum absolute atomic E-state index is 0.138. The summed E-state index contributed by atoms with van der Waals surface area (Å²) in [5, 5.41) is 9.54. The van der Waals surface area contributed by atoms with Crippen molar-refractivity contribution in [2.45, 2.75) is 79.0 Å². The van der Waals surface area contributed by atoms with Gasteiger partial charge in [-0.3, -0.25) is 9.59 Å². The molecule has 2 atom stereocenters. The van der Waals surface area contributed by atoms with Gasteiger partial charge in [-0.2, -0.15) is 0 Å². The van der Waals surface area contributed by atoms with Crippen LogP contribution in [-0.4, -0.2) is 43.3 Å². The highest BCUT2D eigenvalue weighted by Gasteiger charge is 2.58. The number of anilines is 1. The van der Waals surface area contributed by atoms with E-state index in [9.17, 15) is 14.7 Å². The molecule has 224 valence electrons. The van der Waals surface area contributed by atoms with Gasteiger partial charge in [0, 0.05) is 27.9 Å². The standard InChI is InChI=1S/C22H16B2Cl2N2O3.C8H14.C4H10/c1-12-4-3-5-16(25)19(12)21(31)28(22(2,23)24)20-18(30)9-14(10-27-20)15-7-6-13(11-29)8-17(15)26;1-8(2)6-4-3-5-7(6)8;1-3-4-2/h3-11,30H,1-2H3;6-7H,3-5H2,1-2H3;3-4H2,1-2H3/t;6-,7+;. The molecule has 0 saturated heterocycles. The van der Waals surface area contributed by atoms with Crippen molar-refractivity contribution in [1.29, 1.82) is 0 Å². The monoisotopic (exact) mass is 616 g/mol. The Balaban J connectivity index is 0.000000347. The number of halogens is 2. The van der Waals surface area contributed by atoms with Gasteiger partial charge in [0.05, 0.1) is 26.3 Å². The maximum atomic E-state index is 13.3. The second-order valence-corrected chi connectivity index (χ2v) is 13.0. The summed E-state index contributed by atoms with van der Waals surface area (Å²) < 4.78 is 0. The number of fused-ring (bicyclic) bond motifs is 1. The third-order valence-corrected chi connectivity index (χ3v) is 9.07. The molecular formula is C34H40B2Cl2N2O3. The zero-order chi connectivity index (χ0) is 32.1. The van der Waals surface area contributed by atoms with Crippen LogP contribution in [0.15, 0.2) is 48.7 Å². The van der Waals surface area contributed by atoms with Crippen LogP contribution in [0.1, 0.15) is 93.0 Å². The van der Waals surface area contributed by atoms with Gasteiger partial charge in [0.1, 0.15) is 6.29 Å². The molecule has 0 spiro atoms. The van der Waals surface area contributed by atoms with Gasteiger partial charge in [0.2, 0.25) is 0 Å². The van der Waals surface area contributed by atoms with Crippen molar-refractivity contribution in [2.24, 2.45) is 17.3 Å². The molecule has 1 aromatic heterocycles. The molecule has 0 bridgehead atoms. The average molecular weight is 617 g/mol. The predicted molar refractivity (Wildman–Crippen MR) is 180 cm³/mol. The first-order chi connectivity index (χ1) is 20.2. The number of aromatic nitrogens is 1. The van der Waals surface area contributed by atoms with E-state index in [0.29, 0.717) is 33.6 Å². The van der Waals surface area contributed by atoms with Gasteiger partial charge in [-0.15, -0.1) is 0 Å². The van der Waals surface area contributed by atoms with E-state index < -0.39 is 11.2 Å².